The van der Waals surface area contributed by atoms with Crippen LogP contribution < -0.4 is 5.32 Å². The summed E-state index contributed by atoms with van der Waals surface area (Å²) in [5.74, 6) is -1.09. The van der Waals surface area contributed by atoms with Crippen LogP contribution in [-0.4, -0.2) is 47.1 Å². The Balaban J connectivity index is 2.51. The van der Waals surface area contributed by atoms with Gasteiger partial charge >= 0.3 is 5.97 Å². The smallest absolute Gasteiger partial charge is 0.326 e. The van der Waals surface area contributed by atoms with E-state index >= 15 is 0 Å². The number of amides is 1. The van der Waals surface area contributed by atoms with Crippen LogP contribution in [-0.2, 0) is 9.59 Å². The number of nitrogens with zero attached hydrogens (tertiary/aromatic N) is 1. The van der Waals surface area contributed by atoms with Gasteiger partial charge in [-0.25, -0.2) is 4.79 Å². The number of hydrogen-bond donors (Lipinski definition) is 2. The molecule has 0 spiro atoms. The highest BCUT2D eigenvalue weighted by Gasteiger charge is 2.26. The molecule has 2 N–H and O–H groups in total. The lowest BCUT2D eigenvalue weighted by Crippen LogP contribution is -2.50. The first-order valence-electron chi connectivity index (χ1n) is 7.83. The zero-order valence-corrected chi connectivity index (χ0v) is 12.7. The Bertz CT molecular complexity index is 312. The van der Waals surface area contributed by atoms with Crippen molar-refractivity contribution in [2.75, 3.05) is 13.1 Å². The topological polar surface area (TPSA) is 69.6 Å². The molecule has 116 valence electrons. The molecule has 1 amide bonds. The van der Waals surface area contributed by atoms with E-state index in [9.17, 15) is 9.59 Å². The van der Waals surface area contributed by atoms with Gasteiger partial charge in [-0.2, -0.15) is 0 Å². The third-order valence-corrected chi connectivity index (χ3v) is 4.03. The summed E-state index contributed by atoms with van der Waals surface area (Å²) in [4.78, 5) is 25.6. The molecule has 20 heavy (non-hydrogen) atoms. The molecule has 1 aliphatic rings. The number of carbonyl (C=O) groups excluding carboxylic acids is 1. The van der Waals surface area contributed by atoms with Crippen LogP contribution in [0.5, 0.6) is 0 Å². The van der Waals surface area contributed by atoms with Crippen LogP contribution in [0.4, 0.5) is 0 Å². The standard InChI is InChI=1S/C15H28N2O3/c1-3-4-9-13(15(19)20)16-14(18)12(2)17-10-7-5-6-8-11-17/h12-13H,3-11H2,1-2H3,(H,16,18)(H,19,20)/t12?,13-/m0/s1. The van der Waals surface area contributed by atoms with Gasteiger partial charge in [0.1, 0.15) is 6.04 Å². The summed E-state index contributed by atoms with van der Waals surface area (Å²) in [6.45, 7) is 5.75. The Kier molecular flexibility index (Phi) is 7.59. The quantitative estimate of drug-likeness (QED) is 0.750. The zero-order valence-electron chi connectivity index (χ0n) is 12.7. The average molecular weight is 284 g/mol. The van der Waals surface area contributed by atoms with Crippen molar-refractivity contribution in [3.63, 3.8) is 0 Å². The highest BCUT2D eigenvalue weighted by molar-refractivity contribution is 5.86. The molecule has 0 aromatic rings. The van der Waals surface area contributed by atoms with E-state index in [4.69, 9.17) is 5.11 Å². The summed E-state index contributed by atoms with van der Waals surface area (Å²) in [6, 6.07) is -0.992. The van der Waals surface area contributed by atoms with Crippen molar-refractivity contribution in [1.82, 2.24) is 10.2 Å². The summed E-state index contributed by atoms with van der Waals surface area (Å²) in [6.07, 6.45) is 6.94. The average Bonchev–Trinajstić information content (AvgIpc) is 2.70. The highest BCUT2D eigenvalue weighted by atomic mass is 16.4. The number of carboxylic acid groups (broad SMARTS) is 1. The number of aliphatic carboxylic acids is 1. The monoisotopic (exact) mass is 284 g/mol. The van der Waals surface area contributed by atoms with Gasteiger partial charge in [0.15, 0.2) is 0 Å². The maximum absolute atomic E-state index is 12.2. The van der Waals surface area contributed by atoms with Crippen LogP contribution in [0.25, 0.3) is 0 Å². The largest absolute Gasteiger partial charge is 0.480 e. The van der Waals surface area contributed by atoms with Gasteiger partial charge in [-0.15, -0.1) is 0 Å². The summed E-state index contributed by atoms with van der Waals surface area (Å²) in [7, 11) is 0. The Morgan fingerprint density at radius 3 is 2.30 bits per heavy atom. The molecule has 1 aliphatic heterocycles. The van der Waals surface area contributed by atoms with Crippen molar-refractivity contribution in [3.8, 4) is 0 Å². The lowest BCUT2D eigenvalue weighted by molar-refractivity contribution is -0.142. The summed E-state index contributed by atoms with van der Waals surface area (Å²) in [5.41, 5.74) is 0. The number of carboxylic acids is 1. The summed E-state index contributed by atoms with van der Waals surface area (Å²) < 4.78 is 0. The van der Waals surface area contributed by atoms with Gasteiger partial charge in [0.05, 0.1) is 6.04 Å². The van der Waals surface area contributed by atoms with Crippen LogP contribution in [0.2, 0.25) is 0 Å². The number of hydrogen-bond acceptors (Lipinski definition) is 3. The normalized spacial score (nSPS) is 19.9. The van der Waals surface area contributed by atoms with Gasteiger partial charge in [0.2, 0.25) is 5.91 Å². The van der Waals surface area contributed by atoms with Crippen molar-refractivity contribution in [2.45, 2.75) is 70.9 Å². The predicted molar refractivity (Wildman–Crippen MR) is 78.6 cm³/mol. The van der Waals surface area contributed by atoms with Gasteiger partial charge in [0.25, 0.3) is 0 Å². The van der Waals surface area contributed by atoms with Crippen molar-refractivity contribution in [2.24, 2.45) is 0 Å². The first-order chi connectivity index (χ1) is 9.56. The predicted octanol–water partition coefficient (Wildman–Crippen LogP) is 2.01. The van der Waals surface area contributed by atoms with Crippen molar-refractivity contribution in [3.05, 3.63) is 0 Å². The van der Waals surface area contributed by atoms with E-state index in [2.05, 4.69) is 10.2 Å². The number of unbranched alkanes of at least 4 members (excludes halogenated alkanes) is 1. The lowest BCUT2D eigenvalue weighted by Gasteiger charge is -2.27. The fraction of sp³-hybridized carbons (Fsp3) is 0.867. The van der Waals surface area contributed by atoms with Crippen molar-refractivity contribution in [1.29, 1.82) is 0 Å². The Hall–Kier alpha value is -1.10. The lowest BCUT2D eigenvalue weighted by atomic mass is 10.1. The minimum Gasteiger partial charge on any atom is -0.480 e. The van der Waals surface area contributed by atoms with E-state index < -0.39 is 12.0 Å². The molecule has 0 aliphatic carbocycles. The van der Waals surface area contributed by atoms with Crippen LogP contribution in [0.3, 0.4) is 0 Å². The minimum atomic E-state index is -0.935. The molecule has 5 heteroatoms. The number of likely N-dealkylation sites (tertiary alicyclic amines) is 1. The SMILES string of the molecule is CCCC[C@H](NC(=O)C(C)N1CCCCCC1)C(=O)O. The van der Waals surface area contributed by atoms with Gasteiger partial charge in [-0.3, -0.25) is 9.69 Å². The van der Waals surface area contributed by atoms with Crippen molar-refractivity contribution < 1.29 is 14.7 Å². The molecule has 1 heterocycles. The highest BCUT2D eigenvalue weighted by Crippen LogP contribution is 2.13. The molecule has 5 nitrogen and oxygen atoms in total. The van der Waals surface area contributed by atoms with Crippen LogP contribution in [0, 0.1) is 0 Å². The second-order valence-electron chi connectivity index (χ2n) is 5.67. The molecule has 1 saturated heterocycles. The zero-order chi connectivity index (χ0) is 15.0. The maximum Gasteiger partial charge on any atom is 0.326 e. The number of nitrogens with one attached hydrogen (secondary N) is 1. The third-order valence-electron chi connectivity index (χ3n) is 4.03. The summed E-state index contributed by atoms with van der Waals surface area (Å²) >= 11 is 0. The van der Waals surface area contributed by atoms with E-state index in [0.29, 0.717) is 6.42 Å². The molecule has 0 aromatic carbocycles. The van der Waals surface area contributed by atoms with E-state index in [1.807, 2.05) is 13.8 Å². The molecular formula is C15H28N2O3. The number of carbonyl (C=O) groups is 2. The van der Waals surface area contributed by atoms with E-state index in [-0.39, 0.29) is 11.9 Å². The van der Waals surface area contributed by atoms with E-state index in [1.54, 1.807) is 0 Å². The molecule has 0 radical (unpaired) electrons. The third kappa shape index (κ3) is 5.49. The molecule has 2 atom stereocenters. The van der Waals surface area contributed by atoms with Gasteiger partial charge in [-0.05, 0) is 39.3 Å². The van der Waals surface area contributed by atoms with Gasteiger partial charge < -0.3 is 10.4 Å². The molecule has 0 bridgehead atoms. The molecule has 1 fully saturated rings. The van der Waals surface area contributed by atoms with Gasteiger partial charge in [0, 0.05) is 0 Å². The Morgan fingerprint density at radius 1 is 1.20 bits per heavy atom. The van der Waals surface area contributed by atoms with Crippen LogP contribution >= 0.6 is 0 Å². The molecule has 1 rings (SSSR count). The Labute approximate surface area is 121 Å². The first-order valence-corrected chi connectivity index (χ1v) is 7.83. The van der Waals surface area contributed by atoms with Crippen molar-refractivity contribution >= 4 is 11.9 Å². The molecular weight excluding hydrogens is 256 g/mol. The Morgan fingerprint density at radius 2 is 1.80 bits per heavy atom. The minimum absolute atomic E-state index is 0.157. The molecule has 0 saturated carbocycles. The number of rotatable bonds is 7. The first kappa shape index (κ1) is 17.0. The van der Waals surface area contributed by atoms with Crippen LogP contribution in [0.15, 0.2) is 0 Å². The van der Waals surface area contributed by atoms with E-state index in [0.717, 1.165) is 38.8 Å². The molecule has 0 aromatic heterocycles. The van der Waals surface area contributed by atoms with Gasteiger partial charge in [-0.1, -0.05) is 32.6 Å². The fourth-order valence-corrected chi connectivity index (χ4v) is 2.61. The second kappa shape index (κ2) is 8.95. The van der Waals surface area contributed by atoms with Crippen LogP contribution in [0.1, 0.15) is 58.8 Å². The van der Waals surface area contributed by atoms with E-state index in [1.165, 1.54) is 12.8 Å². The maximum atomic E-state index is 12.2. The summed E-state index contributed by atoms with van der Waals surface area (Å²) in [5, 5.41) is 11.8. The second-order valence-corrected chi connectivity index (χ2v) is 5.67. The molecule has 1 unspecified atom stereocenters. The fourth-order valence-electron chi connectivity index (χ4n) is 2.61.